The van der Waals surface area contributed by atoms with Gasteiger partial charge in [0.2, 0.25) is 0 Å². The van der Waals surface area contributed by atoms with E-state index in [9.17, 15) is 0 Å². The van der Waals surface area contributed by atoms with Crippen molar-refractivity contribution in [1.82, 2.24) is 4.98 Å². The van der Waals surface area contributed by atoms with E-state index in [-0.39, 0.29) is 0 Å². The molecule has 0 amide bonds. The van der Waals surface area contributed by atoms with Gasteiger partial charge in [-0.15, -0.1) is 0 Å². The van der Waals surface area contributed by atoms with Gasteiger partial charge in [-0.05, 0) is 29.1 Å². The van der Waals surface area contributed by atoms with Crippen LogP contribution in [0.25, 0.3) is 33.3 Å². The lowest BCUT2D eigenvalue weighted by molar-refractivity contribution is 0.552. The van der Waals surface area contributed by atoms with Gasteiger partial charge in [0.1, 0.15) is 5.76 Å². The fourth-order valence-corrected chi connectivity index (χ4v) is 3.73. The van der Waals surface area contributed by atoms with Crippen molar-refractivity contribution in [3.05, 3.63) is 126 Å². The number of aromatic nitrogens is 1. The molecule has 0 aliphatic rings. The Hall–Kier alpha value is -4.11. The number of nitrogens with zero attached hydrogens (tertiary/aromatic N) is 1. The van der Waals surface area contributed by atoms with Crippen LogP contribution in [0.15, 0.2) is 114 Å². The number of furan rings is 1. The Bertz CT molecular complexity index is 1320. The number of hydrogen-bond donors (Lipinski definition) is 1. The van der Waals surface area contributed by atoms with Crippen LogP contribution in [-0.4, -0.2) is 4.98 Å². The lowest BCUT2D eigenvalue weighted by Crippen LogP contribution is -2.05. The van der Waals surface area contributed by atoms with Gasteiger partial charge < -0.3 is 10.2 Å². The van der Waals surface area contributed by atoms with Crippen LogP contribution in [0.1, 0.15) is 17.0 Å². The predicted molar refractivity (Wildman–Crippen MR) is 122 cm³/mol. The zero-order valence-electron chi connectivity index (χ0n) is 16.3. The summed E-state index contributed by atoms with van der Waals surface area (Å²) in [6.07, 6.45) is 1.64. The SMILES string of the molecule is NC(=C(c1ccccc1)c1nc(-c2ccccc2)cc2ccccc12)c1ccco1. The highest BCUT2D eigenvalue weighted by atomic mass is 16.3. The van der Waals surface area contributed by atoms with Crippen molar-refractivity contribution in [3.63, 3.8) is 0 Å². The average molecular weight is 388 g/mol. The second-order valence-corrected chi connectivity index (χ2v) is 7.08. The Morgan fingerprint density at radius 1 is 0.733 bits per heavy atom. The molecular formula is C27H20N2O. The molecule has 0 saturated carbocycles. The Morgan fingerprint density at radius 3 is 2.17 bits per heavy atom. The molecule has 3 heteroatoms. The second-order valence-electron chi connectivity index (χ2n) is 7.08. The third-order valence-electron chi connectivity index (χ3n) is 5.17. The van der Waals surface area contributed by atoms with Crippen molar-refractivity contribution in [2.75, 3.05) is 0 Å². The van der Waals surface area contributed by atoms with Crippen molar-refractivity contribution < 1.29 is 4.42 Å². The fourth-order valence-electron chi connectivity index (χ4n) is 3.73. The van der Waals surface area contributed by atoms with Gasteiger partial charge in [-0.3, -0.25) is 0 Å². The highest BCUT2D eigenvalue weighted by molar-refractivity contribution is 6.04. The monoisotopic (exact) mass is 388 g/mol. The standard InChI is InChI=1S/C27H20N2O/c28-26(24-16-9-17-30-24)25(20-12-5-2-6-13-20)27-22-15-8-7-14-21(22)18-23(29-27)19-10-3-1-4-11-19/h1-18H,28H2. The van der Waals surface area contributed by atoms with Crippen molar-refractivity contribution in [2.24, 2.45) is 5.73 Å². The largest absolute Gasteiger partial charge is 0.463 e. The van der Waals surface area contributed by atoms with Crippen LogP contribution in [0.3, 0.4) is 0 Å². The Kier molecular flexibility index (Phi) is 4.62. The Morgan fingerprint density at radius 2 is 1.43 bits per heavy atom. The maximum Gasteiger partial charge on any atom is 0.150 e. The summed E-state index contributed by atoms with van der Waals surface area (Å²) in [5, 5.41) is 2.16. The molecule has 2 aromatic heterocycles. The van der Waals surface area contributed by atoms with E-state index in [1.54, 1.807) is 6.26 Å². The van der Waals surface area contributed by atoms with Crippen molar-refractivity contribution >= 4 is 22.0 Å². The summed E-state index contributed by atoms with van der Waals surface area (Å²) in [6.45, 7) is 0. The molecule has 0 fully saturated rings. The molecule has 2 N–H and O–H groups in total. The summed E-state index contributed by atoms with van der Waals surface area (Å²) in [7, 11) is 0. The van der Waals surface area contributed by atoms with Crippen molar-refractivity contribution in [3.8, 4) is 11.3 Å². The first kappa shape index (κ1) is 18.0. The molecule has 0 aliphatic heterocycles. The molecule has 2 heterocycles. The van der Waals surface area contributed by atoms with E-state index >= 15 is 0 Å². The maximum absolute atomic E-state index is 6.67. The first-order chi connectivity index (χ1) is 14.8. The molecule has 0 unspecified atom stereocenters. The van der Waals surface area contributed by atoms with Gasteiger partial charge in [0.25, 0.3) is 0 Å². The summed E-state index contributed by atoms with van der Waals surface area (Å²) < 4.78 is 5.64. The van der Waals surface area contributed by atoms with E-state index < -0.39 is 0 Å². The van der Waals surface area contributed by atoms with Crippen LogP contribution in [0.2, 0.25) is 0 Å². The predicted octanol–water partition coefficient (Wildman–Crippen LogP) is 6.37. The molecule has 5 aromatic rings. The number of pyridine rings is 1. The van der Waals surface area contributed by atoms with Gasteiger partial charge in [-0.1, -0.05) is 84.9 Å². The summed E-state index contributed by atoms with van der Waals surface area (Å²) >= 11 is 0. The molecular weight excluding hydrogens is 368 g/mol. The van der Waals surface area contributed by atoms with Gasteiger partial charge in [-0.25, -0.2) is 4.98 Å². The van der Waals surface area contributed by atoms with Gasteiger partial charge in [0.05, 0.1) is 23.3 Å². The van der Waals surface area contributed by atoms with Crippen LogP contribution < -0.4 is 5.73 Å². The van der Waals surface area contributed by atoms with Crippen LogP contribution in [-0.2, 0) is 0 Å². The summed E-state index contributed by atoms with van der Waals surface area (Å²) in [6, 6.07) is 34.4. The van der Waals surface area contributed by atoms with Gasteiger partial charge in [-0.2, -0.15) is 0 Å². The van der Waals surface area contributed by atoms with Crippen LogP contribution in [0, 0.1) is 0 Å². The first-order valence-corrected chi connectivity index (χ1v) is 9.86. The zero-order chi connectivity index (χ0) is 20.3. The molecule has 0 atom stereocenters. The quantitative estimate of drug-likeness (QED) is 0.389. The third-order valence-corrected chi connectivity index (χ3v) is 5.17. The number of fused-ring (bicyclic) bond motifs is 1. The molecule has 0 radical (unpaired) electrons. The van der Waals surface area contributed by atoms with E-state index in [0.717, 1.165) is 38.9 Å². The first-order valence-electron chi connectivity index (χ1n) is 9.86. The van der Waals surface area contributed by atoms with E-state index in [1.165, 1.54) is 0 Å². The normalized spacial score (nSPS) is 12.0. The molecule has 0 bridgehead atoms. The van der Waals surface area contributed by atoms with Gasteiger partial charge in [0.15, 0.2) is 0 Å². The molecule has 30 heavy (non-hydrogen) atoms. The van der Waals surface area contributed by atoms with Crippen LogP contribution in [0.5, 0.6) is 0 Å². The van der Waals surface area contributed by atoms with Crippen LogP contribution >= 0.6 is 0 Å². The highest BCUT2D eigenvalue weighted by Crippen LogP contribution is 2.35. The van der Waals surface area contributed by atoms with Crippen molar-refractivity contribution in [1.29, 1.82) is 0 Å². The lowest BCUT2D eigenvalue weighted by atomic mass is 9.94. The smallest absolute Gasteiger partial charge is 0.150 e. The van der Waals surface area contributed by atoms with Crippen molar-refractivity contribution in [2.45, 2.75) is 0 Å². The molecule has 3 aromatic carbocycles. The third kappa shape index (κ3) is 3.27. The lowest BCUT2D eigenvalue weighted by Gasteiger charge is -2.15. The minimum atomic E-state index is 0.564. The summed E-state index contributed by atoms with van der Waals surface area (Å²) in [5.41, 5.74) is 11.9. The van der Waals surface area contributed by atoms with E-state index in [4.69, 9.17) is 15.1 Å². The van der Waals surface area contributed by atoms with Gasteiger partial charge in [0, 0.05) is 16.5 Å². The van der Waals surface area contributed by atoms with Crippen LogP contribution in [0.4, 0.5) is 0 Å². The minimum Gasteiger partial charge on any atom is -0.463 e. The van der Waals surface area contributed by atoms with Gasteiger partial charge >= 0.3 is 0 Å². The fraction of sp³-hybridized carbons (Fsp3) is 0. The average Bonchev–Trinajstić information content (AvgIpc) is 3.35. The van der Waals surface area contributed by atoms with E-state index in [0.29, 0.717) is 11.5 Å². The summed E-state index contributed by atoms with van der Waals surface area (Å²) in [4.78, 5) is 5.10. The molecule has 0 saturated heterocycles. The van der Waals surface area contributed by atoms with E-state index in [2.05, 4.69) is 42.5 Å². The van der Waals surface area contributed by atoms with E-state index in [1.807, 2.05) is 60.7 Å². The zero-order valence-corrected chi connectivity index (χ0v) is 16.3. The molecule has 5 rings (SSSR count). The Labute approximate surface area is 175 Å². The topological polar surface area (TPSA) is 52.0 Å². The molecule has 0 spiro atoms. The molecule has 144 valence electrons. The number of benzene rings is 3. The number of hydrogen-bond acceptors (Lipinski definition) is 3. The maximum atomic E-state index is 6.67. The Balaban J connectivity index is 1.86. The number of rotatable bonds is 4. The highest BCUT2D eigenvalue weighted by Gasteiger charge is 2.18. The number of nitrogens with two attached hydrogens (primary N) is 1. The molecule has 3 nitrogen and oxygen atoms in total. The summed E-state index contributed by atoms with van der Waals surface area (Å²) in [5.74, 6) is 0.629. The second kappa shape index (κ2) is 7.72. The molecule has 0 aliphatic carbocycles. The minimum absolute atomic E-state index is 0.564.